The number of hydrogen-bond donors (Lipinski definition) is 2. The van der Waals surface area contributed by atoms with E-state index >= 15 is 0 Å². The fraction of sp³-hybridized carbons (Fsp3) is 0.381. The van der Waals surface area contributed by atoms with Gasteiger partial charge in [-0.15, -0.1) is 0 Å². The van der Waals surface area contributed by atoms with Crippen molar-refractivity contribution in [3.8, 4) is 0 Å². The van der Waals surface area contributed by atoms with Crippen LogP contribution in [-0.2, 0) is 10.0 Å². The minimum Gasteiger partial charge on any atom is -0.324 e. The Bertz CT molecular complexity index is 966. The lowest BCUT2D eigenvalue weighted by Gasteiger charge is -2.39. The number of amides is 2. The zero-order valence-corrected chi connectivity index (χ0v) is 16.7. The van der Waals surface area contributed by atoms with Crippen molar-refractivity contribution < 1.29 is 13.2 Å². The van der Waals surface area contributed by atoms with Gasteiger partial charge in [-0.3, -0.25) is 4.72 Å². The fourth-order valence-corrected chi connectivity index (χ4v) is 4.93. The second-order valence-electron chi connectivity index (χ2n) is 7.83. The molecule has 2 amide bonds. The van der Waals surface area contributed by atoms with Gasteiger partial charge in [-0.25, -0.2) is 13.2 Å². The molecule has 2 fully saturated rings. The Balaban J connectivity index is 1.42. The van der Waals surface area contributed by atoms with Crippen LogP contribution in [0.4, 0.5) is 16.2 Å². The van der Waals surface area contributed by atoms with E-state index in [4.69, 9.17) is 0 Å². The van der Waals surface area contributed by atoms with E-state index in [1.165, 1.54) is 25.3 Å². The zero-order chi connectivity index (χ0) is 19.7. The van der Waals surface area contributed by atoms with Crippen molar-refractivity contribution in [1.29, 1.82) is 0 Å². The highest BCUT2D eigenvalue weighted by atomic mass is 32.2. The summed E-state index contributed by atoms with van der Waals surface area (Å²) >= 11 is 0. The van der Waals surface area contributed by atoms with Crippen molar-refractivity contribution in [2.45, 2.75) is 31.1 Å². The number of urea groups is 1. The van der Waals surface area contributed by atoms with Crippen LogP contribution >= 0.6 is 0 Å². The Labute approximate surface area is 166 Å². The van der Waals surface area contributed by atoms with Crippen LogP contribution in [0, 0.1) is 18.8 Å². The van der Waals surface area contributed by atoms with Crippen LogP contribution < -0.4 is 10.0 Å². The van der Waals surface area contributed by atoms with Gasteiger partial charge < -0.3 is 10.2 Å². The normalized spacial score (nSPS) is 17.1. The second-order valence-corrected chi connectivity index (χ2v) is 9.48. The molecule has 2 N–H and O–H groups in total. The molecule has 1 aliphatic heterocycles. The number of sulfonamides is 1. The number of carbonyl (C=O) groups is 1. The average Bonchev–Trinajstić information content (AvgIpc) is 3.44. The Morgan fingerprint density at radius 2 is 1.75 bits per heavy atom. The molecule has 7 heteroatoms. The molecular formula is C21H25N3O3S. The monoisotopic (exact) mass is 399 g/mol. The Hall–Kier alpha value is -2.54. The molecule has 1 heterocycles. The van der Waals surface area contributed by atoms with Gasteiger partial charge in [-0.2, -0.15) is 0 Å². The average molecular weight is 400 g/mol. The highest BCUT2D eigenvalue weighted by Gasteiger charge is 2.35. The highest BCUT2D eigenvalue weighted by Crippen LogP contribution is 2.38. The molecule has 4 rings (SSSR count). The molecule has 1 aliphatic carbocycles. The predicted octanol–water partition coefficient (Wildman–Crippen LogP) is 4.06. The van der Waals surface area contributed by atoms with E-state index in [9.17, 15) is 13.2 Å². The van der Waals surface area contributed by atoms with Crippen molar-refractivity contribution in [2.75, 3.05) is 23.1 Å². The quantitative estimate of drug-likeness (QED) is 0.769. The standard InChI is InChI=1S/C21H25N3O3S/c1-15-7-10-19(22-21(25)24-13-17(14-24)11-16-8-9-16)12-20(15)28(26,27)23-18-5-3-2-4-6-18/h2-7,10,12,16-17,23H,8-9,11,13-14H2,1H3,(H,22,25). The van der Waals surface area contributed by atoms with Gasteiger partial charge >= 0.3 is 6.03 Å². The van der Waals surface area contributed by atoms with E-state index < -0.39 is 10.0 Å². The molecule has 2 aromatic carbocycles. The minimum atomic E-state index is -3.74. The summed E-state index contributed by atoms with van der Waals surface area (Å²) in [5, 5.41) is 2.83. The van der Waals surface area contributed by atoms with Gasteiger partial charge in [0.25, 0.3) is 10.0 Å². The van der Waals surface area contributed by atoms with Crippen LogP contribution in [0.15, 0.2) is 53.4 Å². The number of rotatable bonds is 6. The summed E-state index contributed by atoms with van der Waals surface area (Å²) in [6.07, 6.45) is 3.89. The Morgan fingerprint density at radius 3 is 2.43 bits per heavy atom. The maximum atomic E-state index is 12.8. The van der Waals surface area contributed by atoms with Crippen LogP contribution in [0.2, 0.25) is 0 Å². The molecule has 1 saturated heterocycles. The zero-order valence-electron chi connectivity index (χ0n) is 15.9. The van der Waals surface area contributed by atoms with Gasteiger partial charge in [0, 0.05) is 24.5 Å². The number of para-hydroxylation sites is 1. The van der Waals surface area contributed by atoms with Gasteiger partial charge in [-0.1, -0.05) is 37.1 Å². The topological polar surface area (TPSA) is 78.5 Å². The molecule has 148 valence electrons. The molecule has 0 atom stereocenters. The minimum absolute atomic E-state index is 0.157. The summed E-state index contributed by atoms with van der Waals surface area (Å²) in [6.45, 7) is 3.31. The van der Waals surface area contributed by atoms with Crippen molar-refractivity contribution in [3.05, 3.63) is 54.1 Å². The van der Waals surface area contributed by atoms with Crippen LogP contribution in [0.5, 0.6) is 0 Å². The largest absolute Gasteiger partial charge is 0.324 e. The lowest BCUT2D eigenvalue weighted by Crippen LogP contribution is -2.51. The molecular weight excluding hydrogens is 374 g/mol. The van der Waals surface area contributed by atoms with Gasteiger partial charge in [0.15, 0.2) is 0 Å². The number of aryl methyl sites for hydroxylation is 1. The smallest absolute Gasteiger partial charge is 0.321 e. The van der Waals surface area contributed by atoms with Crippen molar-refractivity contribution in [3.63, 3.8) is 0 Å². The van der Waals surface area contributed by atoms with E-state index in [0.717, 1.165) is 19.0 Å². The lowest BCUT2D eigenvalue weighted by atomic mass is 9.94. The van der Waals surface area contributed by atoms with Crippen LogP contribution in [0.3, 0.4) is 0 Å². The van der Waals surface area contributed by atoms with E-state index in [1.807, 2.05) is 6.07 Å². The third-order valence-corrected chi connectivity index (χ3v) is 6.89. The third kappa shape index (κ3) is 4.30. The second kappa shape index (κ2) is 7.47. The summed E-state index contributed by atoms with van der Waals surface area (Å²) in [5.41, 5.74) is 1.60. The molecule has 0 radical (unpaired) electrons. The molecule has 0 aromatic heterocycles. The van der Waals surface area contributed by atoms with Crippen LogP contribution in [0.25, 0.3) is 0 Å². The first kappa shape index (κ1) is 18.8. The Morgan fingerprint density at radius 1 is 1.04 bits per heavy atom. The first-order valence-electron chi connectivity index (χ1n) is 9.65. The molecule has 0 bridgehead atoms. The summed E-state index contributed by atoms with van der Waals surface area (Å²) in [7, 11) is -3.74. The predicted molar refractivity (Wildman–Crippen MR) is 110 cm³/mol. The molecule has 1 saturated carbocycles. The fourth-order valence-electron chi connectivity index (χ4n) is 3.60. The number of hydrogen-bond acceptors (Lipinski definition) is 3. The van der Waals surface area contributed by atoms with E-state index in [1.54, 1.807) is 48.2 Å². The third-order valence-electron chi connectivity index (χ3n) is 5.36. The summed E-state index contributed by atoms with van der Waals surface area (Å²) in [5.74, 6) is 1.49. The molecule has 0 unspecified atom stereocenters. The van der Waals surface area contributed by atoms with Gasteiger partial charge in [-0.05, 0) is 55.0 Å². The van der Waals surface area contributed by atoms with Crippen molar-refractivity contribution in [2.24, 2.45) is 11.8 Å². The first-order valence-corrected chi connectivity index (χ1v) is 11.1. The Kier molecular flexibility index (Phi) is 5.02. The van der Waals surface area contributed by atoms with E-state index in [0.29, 0.717) is 22.9 Å². The molecule has 0 spiro atoms. The molecule has 2 aromatic rings. The number of nitrogens with zero attached hydrogens (tertiary/aromatic N) is 1. The first-order chi connectivity index (χ1) is 13.4. The summed E-state index contributed by atoms with van der Waals surface area (Å²) < 4.78 is 28.1. The van der Waals surface area contributed by atoms with Gasteiger partial charge in [0.2, 0.25) is 0 Å². The van der Waals surface area contributed by atoms with Crippen molar-refractivity contribution >= 4 is 27.4 Å². The summed E-state index contributed by atoms with van der Waals surface area (Å²) in [4.78, 5) is 14.4. The molecule has 28 heavy (non-hydrogen) atoms. The van der Waals surface area contributed by atoms with Gasteiger partial charge in [0.05, 0.1) is 4.90 Å². The molecule has 2 aliphatic rings. The van der Waals surface area contributed by atoms with Crippen LogP contribution in [0.1, 0.15) is 24.8 Å². The number of carbonyl (C=O) groups excluding carboxylic acids is 1. The summed E-state index contributed by atoms with van der Waals surface area (Å²) in [6, 6.07) is 13.5. The number of anilines is 2. The van der Waals surface area contributed by atoms with E-state index in [2.05, 4.69) is 10.0 Å². The maximum absolute atomic E-state index is 12.8. The number of benzene rings is 2. The highest BCUT2D eigenvalue weighted by molar-refractivity contribution is 7.92. The SMILES string of the molecule is Cc1ccc(NC(=O)N2CC(CC3CC3)C2)cc1S(=O)(=O)Nc1ccccc1. The lowest BCUT2D eigenvalue weighted by molar-refractivity contribution is 0.122. The number of nitrogens with one attached hydrogen (secondary N) is 2. The maximum Gasteiger partial charge on any atom is 0.321 e. The number of likely N-dealkylation sites (tertiary alicyclic amines) is 1. The van der Waals surface area contributed by atoms with Gasteiger partial charge in [0.1, 0.15) is 0 Å². The van der Waals surface area contributed by atoms with E-state index in [-0.39, 0.29) is 10.9 Å². The van der Waals surface area contributed by atoms with Crippen molar-refractivity contribution in [1.82, 2.24) is 4.90 Å². The molecule has 6 nitrogen and oxygen atoms in total. The van der Waals surface area contributed by atoms with Crippen LogP contribution in [-0.4, -0.2) is 32.4 Å².